The van der Waals surface area contributed by atoms with Crippen LogP contribution < -0.4 is 14.8 Å². The molecule has 0 spiro atoms. The fourth-order valence-electron chi connectivity index (χ4n) is 1.81. The van der Waals surface area contributed by atoms with Crippen molar-refractivity contribution < 1.29 is 9.47 Å². The average Bonchev–Trinajstić information content (AvgIpc) is 2.96. The summed E-state index contributed by atoms with van der Waals surface area (Å²) in [5, 5.41) is 3.32. The van der Waals surface area contributed by atoms with E-state index in [1.807, 2.05) is 10.8 Å². The molecule has 1 N–H and O–H groups in total. The van der Waals surface area contributed by atoms with Gasteiger partial charge in [0.25, 0.3) is 0 Å². The Balaban J connectivity index is 1.88. The number of ether oxygens (including phenoxy) is 2. The van der Waals surface area contributed by atoms with Gasteiger partial charge in [0.05, 0.1) is 26.2 Å². The van der Waals surface area contributed by atoms with Crippen LogP contribution in [0.4, 0.5) is 0 Å². The molecular formula is C13H18N4O2. The summed E-state index contributed by atoms with van der Waals surface area (Å²) in [6, 6.07) is 1.79. The lowest BCUT2D eigenvalue weighted by Gasteiger charge is -2.12. The molecule has 0 aliphatic heterocycles. The molecule has 0 aliphatic carbocycles. The van der Waals surface area contributed by atoms with Crippen LogP contribution in [0.1, 0.15) is 5.69 Å². The molecule has 0 aliphatic rings. The maximum absolute atomic E-state index is 5.33. The molecule has 0 saturated heterocycles. The predicted molar refractivity (Wildman–Crippen MR) is 71.3 cm³/mol. The van der Waals surface area contributed by atoms with E-state index in [4.69, 9.17) is 9.47 Å². The first-order chi connectivity index (χ1) is 9.35. The van der Waals surface area contributed by atoms with Gasteiger partial charge in [0.15, 0.2) is 11.5 Å². The Morgan fingerprint density at radius 1 is 1.26 bits per heavy atom. The van der Waals surface area contributed by atoms with E-state index in [0.717, 1.165) is 18.8 Å². The molecule has 19 heavy (non-hydrogen) atoms. The average molecular weight is 262 g/mol. The number of nitrogens with one attached hydrogen (secondary N) is 1. The van der Waals surface area contributed by atoms with E-state index in [9.17, 15) is 0 Å². The minimum absolute atomic E-state index is 0.634. The Hall–Kier alpha value is -2.08. The molecule has 0 unspecified atom stereocenters. The molecule has 0 amide bonds. The summed E-state index contributed by atoms with van der Waals surface area (Å²) in [5.74, 6) is 1.38. The number of imidazole rings is 1. The maximum Gasteiger partial charge on any atom is 0.183 e. The number of hydrogen-bond donors (Lipinski definition) is 1. The van der Waals surface area contributed by atoms with Crippen LogP contribution in [0, 0.1) is 0 Å². The summed E-state index contributed by atoms with van der Waals surface area (Å²) in [7, 11) is 3.24. The molecule has 2 aromatic heterocycles. The standard InChI is InChI=1S/C13H18N4O2/c1-18-12-3-4-16-11(13(12)19-2)9-14-5-7-17-8-6-15-10-17/h3-4,6,8,10,14H,5,7,9H2,1-2H3. The van der Waals surface area contributed by atoms with Gasteiger partial charge in [-0.15, -0.1) is 0 Å². The van der Waals surface area contributed by atoms with E-state index >= 15 is 0 Å². The first kappa shape index (κ1) is 13.4. The van der Waals surface area contributed by atoms with Gasteiger partial charge in [-0.2, -0.15) is 0 Å². The van der Waals surface area contributed by atoms with Crippen molar-refractivity contribution in [1.29, 1.82) is 0 Å². The molecule has 2 heterocycles. The minimum atomic E-state index is 0.634. The van der Waals surface area contributed by atoms with Gasteiger partial charge in [0, 0.05) is 44.3 Å². The van der Waals surface area contributed by atoms with Crippen LogP contribution in [0.5, 0.6) is 11.5 Å². The number of nitrogens with zero attached hydrogens (tertiary/aromatic N) is 3. The van der Waals surface area contributed by atoms with Crippen LogP contribution >= 0.6 is 0 Å². The first-order valence-corrected chi connectivity index (χ1v) is 6.07. The molecule has 6 heteroatoms. The number of hydrogen-bond acceptors (Lipinski definition) is 5. The largest absolute Gasteiger partial charge is 0.493 e. The van der Waals surface area contributed by atoms with Crippen LogP contribution in [-0.2, 0) is 13.1 Å². The highest BCUT2D eigenvalue weighted by molar-refractivity contribution is 5.42. The molecule has 102 valence electrons. The second-order valence-corrected chi connectivity index (χ2v) is 3.97. The molecule has 6 nitrogen and oxygen atoms in total. The third kappa shape index (κ3) is 3.45. The summed E-state index contributed by atoms with van der Waals surface area (Å²) in [5.41, 5.74) is 0.840. The highest BCUT2D eigenvalue weighted by atomic mass is 16.5. The van der Waals surface area contributed by atoms with E-state index in [-0.39, 0.29) is 0 Å². The zero-order valence-electron chi connectivity index (χ0n) is 11.2. The lowest BCUT2D eigenvalue weighted by Crippen LogP contribution is -2.20. The zero-order valence-corrected chi connectivity index (χ0v) is 11.2. The van der Waals surface area contributed by atoms with Crippen LogP contribution in [0.15, 0.2) is 31.0 Å². The van der Waals surface area contributed by atoms with E-state index in [1.165, 1.54) is 0 Å². The number of rotatable bonds is 7. The number of pyridine rings is 1. The van der Waals surface area contributed by atoms with Gasteiger partial charge < -0.3 is 19.4 Å². The molecule has 0 saturated carbocycles. The quantitative estimate of drug-likeness (QED) is 0.757. The fraction of sp³-hybridized carbons (Fsp3) is 0.385. The second-order valence-electron chi connectivity index (χ2n) is 3.97. The number of aromatic nitrogens is 3. The van der Waals surface area contributed by atoms with Crippen LogP contribution in [0.3, 0.4) is 0 Å². The van der Waals surface area contributed by atoms with Crippen LogP contribution in [0.2, 0.25) is 0 Å². The Morgan fingerprint density at radius 2 is 2.16 bits per heavy atom. The summed E-state index contributed by atoms with van der Waals surface area (Å²) >= 11 is 0. The van der Waals surface area contributed by atoms with E-state index in [0.29, 0.717) is 18.0 Å². The van der Waals surface area contributed by atoms with Gasteiger partial charge in [-0.1, -0.05) is 0 Å². The molecule has 2 aromatic rings. The smallest absolute Gasteiger partial charge is 0.183 e. The van der Waals surface area contributed by atoms with Crippen molar-refractivity contribution in [2.24, 2.45) is 0 Å². The van der Waals surface area contributed by atoms with Gasteiger partial charge in [0.2, 0.25) is 0 Å². The van der Waals surface area contributed by atoms with Crippen molar-refractivity contribution in [2.75, 3.05) is 20.8 Å². The third-order valence-corrected chi connectivity index (χ3v) is 2.76. The van der Waals surface area contributed by atoms with E-state index < -0.39 is 0 Å². The highest BCUT2D eigenvalue weighted by Gasteiger charge is 2.10. The minimum Gasteiger partial charge on any atom is -0.493 e. The first-order valence-electron chi connectivity index (χ1n) is 6.07. The predicted octanol–water partition coefficient (Wildman–Crippen LogP) is 1.09. The van der Waals surface area contributed by atoms with Crippen molar-refractivity contribution in [3.63, 3.8) is 0 Å². The highest BCUT2D eigenvalue weighted by Crippen LogP contribution is 2.28. The molecule has 0 aromatic carbocycles. The molecule has 0 bridgehead atoms. The van der Waals surface area contributed by atoms with E-state index in [1.54, 1.807) is 39.0 Å². The van der Waals surface area contributed by atoms with Crippen LogP contribution in [0.25, 0.3) is 0 Å². The van der Waals surface area contributed by atoms with Gasteiger partial charge in [-0.25, -0.2) is 4.98 Å². The van der Waals surface area contributed by atoms with Crippen LogP contribution in [-0.4, -0.2) is 35.3 Å². The molecule has 0 radical (unpaired) electrons. The van der Waals surface area contributed by atoms with Gasteiger partial charge in [-0.3, -0.25) is 4.98 Å². The lowest BCUT2D eigenvalue weighted by atomic mass is 10.3. The van der Waals surface area contributed by atoms with E-state index in [2.05, 4.69) is 15.3 Å². The molecule has 2 rings (SSSR count). The van der Waals surface area contributed by atoms with Crippen molar-refractivity contribution in [3.05, 3.63) is 36.7 Å². The summed E-state index contributed by atoms with van der Waals surface area (Å²) < 4.78 is 12.6. The molecule has 0 fully saturated rings. The Labute approximate surface area is 112 Å². The lowest BCUT2D eigenvalue weighted by molar-refractivity contribution is 0.348. The topological polar surface area (TPSA) is 61.2 Å². The fourth-order valence-corrected chi connectivity index (χ4v) is 1.81. The Bertz CT molecular complexity index is 499. The molecular weight excluding hydrogens is 244 g/mol. The summed E-state index contributed by atoms with van der Waals surface area (Å²) in [6.07, 6.45) is 7.22. The third-order valence-electron chi connectivity index (χ3n) is 2.76. The maximum atomic E-state index is 5.33. The number of methoxy groups -OCH3 is 2. The van der Waals surface area contributed by atoms with Gasteiger partial charge in [0.1, 0.15) is 0 Å². The summed E-state index contributed by atoms with van der Waals surface area (Å²) in [6.45, 7) is 2.33. The zero-order chi connectivity index (χ0) is 13.5. The van der Waals surface area contributed by atoms with Crippen molar-refractivity contribution in [1.82, 2.24) is 19.9 Å². The normalized spacial score (nSPS) is 10.4. The van der Waals surface area contributed by atoms with Gasteiger partial charge in [-0.05, 0) is 0 Å². The Morgan fingerprint density at radius 3 is 2.84 bits per heavy atom. The monoisotopic (exact) mass is 262 g/mol. The molecule has 0 atom stereocenters. The van der Waals surface area contributed by atoms with Crippen molar-refractivity contribution >= 4 is 0 Å². The summed E-state index contributed by atoms with van der Waals surface area (Å²) in [4.78, 5) is 8.30. The second kappa shape index (κ2) is 6.75. The van der Waals surface area contributed by atoms with Crippen molar-refractivity contribution in [3.8, 4) is 11.5 Å². The Kier molecular flexibility index (Phi) is 4.74. The van der Waals surface area contributed by atoms with Crippen molar-refractivity contribution in [2.45, 2.75) is 13.1 Å². The SMILES string of the molecule is COc1ccnc(CNCCn2ccnc2)c1OC. The van der Waals surface area contributed by atoms with Gasteiger partial charge >= 0.3 is 0 Å².